The van der Waals surface area contributed by atoms with E-state index >= 15 is 0 Å². The first-order chi connectivity index (χ1) is 13.8. The molecule has 28 heavy (non-hydrogen) atoms. The molecule has 2 aliphatic rings. The summed E-state index contributed by atoms with van der Waals surface area (Å²) in [4.78, 5) is 13.8. The van der Waals surface area contributed by atoms with Crippen LogP contribution in [-0.4, -0.2) is 24.7 Å². The van der Waals surface area contributed by atoms with Crippen LogP contribution in [0.2, 0.25) is 0 Å². The van der Waals surface area contributed by atoms with Gasteiger partial charge in [-0.2, -0.15) is 0 Å². The first kappa shape index (κ1) is 17.4. The van der Waals surface area contributed by atoms with Crippen molar-refractivity contribution in [3.05, 3.63) is 77.4 Å². The predicted molar refractivity (Wildman–Crippen MR) is 112 cm³/mol. The van der Waals surface area contributed by atoms with Crippen LogP contribution >= 0.6 is 11.8 Å². The van der Waals surface area contributed by atoms with Crippen molar-refractivity contribution in [3.63, 3.8) is 0 Å². The maximum Gasteiger partial charge on any atom is 0.173 e. The predicted octanol–water partition coefficient (Wildman–Crippen LogP) is 5.39. The number of thioether (sulfide) groups is 1. The van der Waals surface area contributed by atoms with Crippen molar-refractivity contribution >= 4 is 17.5 Å². The zero-order valence-corrected chi connectivity index (χ0v) is 16.3. The lowest BCUT2D eigenvalue weighted by Crippen LogP contribution is -2.03. The molecule has 0 atom stereocenters. The molecular weight excluding hydrogens is 368 g/mol. The van der Waals surface area contributed by atoms with E-state index in [1.54, 1.807) is 0 Å². The van der Waals surface area contributed by atoms with Crippen LogP contribution in [0.4, 0.5) is 0 Å². The van der Waals surface area contributed by atoms with Crippen molar-refractivity contribution < 1.29 is 14.3 Å². The molecule has 5 rings (SSSR count). The van der Waals surface area contributed by atoms with Crippen LogP contribution < -0.4 is 9.47 Å². The van der Waals surface area contributed by atoms with Gasteiger partial charge in [0.1, 0.15) is 0 Å². The number of carbonyl (C=O) groups is 1. The van der Waals surface area contributed by atoms with Crippen LogP contribution in [0.15, 0.2) is 65.6 Å². The molecule has 0 unspecified atom stereocenters. The highest BCUT2D eigenvalue weighted by Crippen LogP contribution is 2.37. The molecule has 140 valence electrons. The molecule has 0 saturated carbocycles. The number of benzene rings is 3. The second-order valence-corrected chi connectivity index (χ2v) is 8.13. The highest BCUT2D eigenvalue weighted by Gasteiger charge is 2.19. The molecule has 1 aliphatic carbocycles. The summed E-state index contributed by atoms with van der Waals surface area (Å²) in [6.45, 7) is 1.34. The van der Waals surface area contributed by atoms with Crippen LogP contribution in [0, 0.1) is 0 Å². The summed E-state index contributed by atoms with van der Waals surface area (Å²) in [5.74, 6) is 2.10. The molecule has 0 saturated heterocycles. The van der Waals surface area contributed by atoms with Gasteiger partial charge in [-0.3, -0.25) is 4.79 Å². The Morgan fingerprint density at radius 2 is 1.68 bits per heavy atom. The molecule has 1 aliphatic heterocycles. The molecule has 0 spiro atoms. The summed E-state index contributed by atoms with van der Waals surface area (Å²) in [7, 11) is 0. The monoisotopic (exact) mass is 388 g/mol. The first-order valence-electron chi connectivity index (χ1n) is 9.55. The first-order valence-corrected chi connectivity index (χ1v) is 10.5. The van der Waals surface area contributed by atoms with Gasteiger partial charge in [-0.05, 0) is 52.9 Å². The normalized spacial score (nSPS) is 14.1. The quantitative estimate of drug-likeness (QED) is 0.347. The molecule has 0 N–H and O–H groups in total. The fourth-order valence-corrected chi connectivity index (χ4v) is 4.58. The third kappa shape index (κ3) is 3.29. The molecule has 0 amide bonds. The minimum atomic E-state index is 0.143. The van der Waals surface area contributed by atoms with Crippen molar-refractivity contribution in [1.82, 2.24) is 0 Å². The lowest BCUT2D eigenvalue weighted by molar-refractivity contribution is 0.102. The molecule has 3 nitrogen and oxygen atoms in total. The number of carbonyl (C=O) groups excluding carboxylic acids is 1. The molecule has 1 heterocycles. The topological polar surface area (TPSA) is 35.5 Å². The molecule has 3 aromatic carbocycles. The zero-order chi connectivity index (χ0) is 18.9. The number of rotatable bonds is 4. The number of ether oxygens (including phenoxy) is 2. The average molecular weight is 388 g/mol. The lowest BCUT2D eigenvalue weighted by atomic mass is 10.0. The standard InChI is InChI=1S/C24H20O3S/c25-22(15-28-19-8-9-23-24(14-19)27-11-3-10-26-23)18-7-6-17-12-16-4-1-2-5-20(16)21(17)13-18/h1-2,4-9,13-14H,3,10-12,15H2. The van der Waals surface area contributed by atoms with E-state index in [-0.39, 0.29) is 5.78 Å². The summed E-state index contributed by atoms with van der Waals surface area (Å²) < 4.78 is 11.4. The minimum absolute atomic E-state index is 0.143. The van der Waals surface area contributed by atoms with Gasteiger partial charge in [0.15, 0.2) is 17.3 Å². The Balaban J connectivity index is 1.32. The maximum absolute atomic E-state index is 12.8. The Morgan fingerprint density at radius 3 is 2.61 bits per heavy atom. The van der Waals surface area contributed by atoms with Crippen LogP contribution in [0.1, 0.15) is 27.9 Å². The fourth-order valence-electron chi connectivity index (χ4n) is 3.76. The van der Waals surface area contributed by atoms with Crippen molar-refractivity contribution in [3.8, 4) is 22.6 Å². The third-order valence-corrected chi connectivity index (χ3v) is 6.20. The van der Waals surface area contributed by atoms with E-state index < -0.39 is 0 Å². The van der Waals surface area contributed by atoms with Crippen molar-refractivity contribution in [2.24, 2.45) is 0 Å². The number of hydrogen-bond acceptors (Lipinski definition) is 4. The molecule has 0 bridgehead atoms. The van der Waals surface area contributed by atoms with Crippen molar-refractivity contribution in [1.29, 1.82) is 0 Å². The second-order valence-electron chi connectivity index (χ2n) is 7.08. The Bertz CT molecular complexity index is 1060. The minimum Gasteiger partial charge on any atom is -0.490 e. The summed E-state index contributed by atoms with van der Waals surface area (Å²) in [5, 5.41) is 0. The van der Waals surface area contributed by atoms with E-state index in [2.05, 4.69) is 36.4 Å². The zero-order valence-electron chi connectivity index (χ0n) is 15.4. The molecule has 0 aromatic heterocycles. The summed E-state index contributed by atoms with van der Waals surface area (Å²) >= 11 is 1.54. The maximum atomic E-state index is 12.8. The average Bonchev–Trinajstić information content (AvgIpc) is 2.93. The number of hydrogen-bond donors (Lipinski definition) is 0. The Kier molecular flexibility index (Phi) is 4.57. The van der Waals surface area contributed by atoms with E-state index in [0.29, 0.717) is 19.0 Å². The Labute approximate surface area is 168 Å². The van der Waals surface area contributed by atoms with E-state index in [1.807, 2.05) is 24.3 Å². The number of ketones is 1. The smallest absolute Gasteiger partial charge is 0.173 e. The van der Waals surface area contributed by atoms with Crippen LogP contribution in [0.25, 0.3) is 11.1 Å². The van der Waals surface area contributed by atoms with Gasteiger partial charge in [0.2, 0.25) is 0 Å². The number of Topliss-reactive ketones (excluding diaryl/α,β-unsaturated/α-hetero) is 1. The van der Waals surface area contributed by atoms with E-state index in [9.17, 15) is 4.79 Å². The van der Waals surface area contributed by atoms with Crippen molar-refractivity contribution in [2.45, 2.75) is 17.7 Å². The summed E-state index contributed by atoms with van der Waals surface area (Å²) in [6.07, 6.45) is 1.84. The molecule has 0 radical (unpaired) electrons. The molecule has 3 aromatic rings. The highest BCUT2D eigenvalue weighted by atomic mass is 32.2. The fraction of sp³-hybridized carbons (Fsp3) is 0.208. The van der Waals surface area contributed by atoms with Gasteiger partial charge in [0, 0.05) is 16.9 Å². The highest BCUT2D eigenvalue weighted by molar-refractivity contribution is 8.00. The molecule has 0 fully saturated rings. The second kappa shape index (κ2) is 7.36. The van der Waals surface area contributed by atoms with Gasteiger partial charge in [0.05, 0.1) is 19.0 Å². The SMILES string of the molecule is O=C(CSc1ccc2c(c1)OCCCO2)c1ccc2c(c1)-c1ccccc1C2. The molecule has 4 heteroatoms. The van der Waals surface area contributed by atoms with Gasteiger partial charge in [0.25, 0.3) is 0 Å². The van der Waals surface area contributed by atoms with E-state index in [4.69, 9.17) is 9.47 Å². The van der Waals surface area contributed by atoms with Crippen LogP contribution in [-0.2, 0) is 6.42 Å². The van der Waals surface area contributed by atoms with E-state index in [1.165, 1.54) is 34.0 Å². The summed E-state index contributed by atoms with van der Waals surface area (Å²) in [5.41, 5.74) is 5.86. The van der Waals surface area contributed by atoms with Crippen LogP contribution in [0.3, 0.4) is 0 Å². The van der Waals surface area contributed by atoms with Gasteiger partial charge in [-0.1, -0.05) is 36.4 Å². The summed E-state index contributed by atoms with van der Waals surface area (Å²) in [6, 6.07) is 20.4. The third-order valence-electron chi connectivity index (χ3n) is 5.21. The largest absolute Gasteiger partial charge is 0.490 e. The van der Waals surface area contributed by atoms with Gasteiger partial charge in [-0.15, -0.1) is 11.8 Å². The molecular formula is C24H20O3S. The van der Waals surface area contributed by atoms with E-state index in [0.717, 1.165) is 34.8 Å². The Hall–Kier alpha value is -2.72. The van der Waals surface area contributed by atoms with Crippen LogP contribution in [0.5, 0.6) is 11.5 Å². The Morgan fingerprint density at radius 1 is 0.857 bits per heavy atom. The number of fused-ring (bicyclic) bond motifs is 4. The van der Waals surface area contributed by atoms with Gasteiger partial charge >= 0.3 is 0 Å². The lowest BCUT2D eigenvalue weighted by Gasteiger charge is -2.09. The van der Waals surface area contributed by atoms with Gasteiger partial charge < -0.3 is 9.47 Å². The van der Waals surface area contributed by atoms with Gasteiger partial charge in [-0.25, -0.2) is 0 Å². The van der Waals surface area contributed by atoms with Crippen molar-refractivity contribution in [2.75, 3.05) is 19.0 Å².